The van der Waals surface area contributed by atoms with Crippen LogP contribution in [0, 0.1) is 11.3 Å². The number of nitriles is 1. The molecule has 1 heterocycles. The van der Waals surface area contributed by atoms with Crippen molar-refractivity contribution in [3.63, 3.8) is 0 Å². The van der Waals surface area contributed by atoms with E-state index in [1.807, 2.05) is 14.0 Å². The average Bonchev–Trinajstić information content (AvgIpc) is 2.85. The Balaban J connectivity index is 2.25. The van der Waals surface area contributed by atoms with Crippen molar-refractivity contribution in [1.29, 1.82) is 5.26 Å². The highest BCUT2D eigenvalue weighted by molar-refractivity contribution is 5.02. The molecule has 0 bridgehead atoms. The van der Waals surface area contributed by atoms with Crippen LogP contribution in [0.5, 0.6) is 0 Å². The SMILES string of the molecule is CCN1CCCC1CN(C)CCCC(C)(C#N)NC. The second-order valence-electron chi connectivity index (χ2n) is 5.98. The van der Waals surface area contributed by atoms with Gasteiger partial charge in [-0.3, -0.25) is 4.90 Å². The molecule has 2 atom stereocenters. The number of hydrogen-bond acceptors (Lipinski definition) is 4. The van der Waals surface area contributed by atoms with Gasteiger partial charge in [0.1, 0.15) is 5.54 Å². The third-order valence-corrected chi connectivity index (χ3v) is 4.44. The summed E-state index contributed by atoms with van der Waals surface area (Å²) in [5.41, 5.74) is -0.371. The number of likely N-dealkylation sites (N-methyl/N-ethyl adjacent to an activating group) is 2. The molecule has 0 aromatic heterocycles. The van der Waals surface area contributed by atoms with Gasteiger partial charge in [-0.1, -0.05) is 6.92 Å². The van der Waals surface area contributed by atoms with E-state index in [9.17, 15) is 0 Å². The summed E-state index contributed by atoms with van der Waals surface area (Å²) >= 11 is 0. The van der Waals surface area contributed by atoms with Gasteiger partial charge in [0.15, 0.2) is 0 Å². The van der Waals surface area contributed by atoms with Crippen molar-refractivity contribution in [3.05, 3.63) is 0 Å². The van der Waals surface area contributed by atoms with Crippen LogP contribution in [0.2, 0.25) is 0 Å². The van der Waals surface area contributed by atoms with Crippen molar-refractivity contribution >= 4 is 0 Å². The Morgan fingerprint density at radius 1 is 1.53 bits per heavy atom. The van der Waals surface area contributed by atoms with Crippen LogP contribution in [0.1, 0.15) is 39.5 Å². The molecule has 110 valence electrons. The van der Waals surface area contributed by atoms with Crippen molar-refractivity contribution in [2.45, 2.75) is 51.1 Å². The van der Waals surface area contributed by atoms with E-state index >= 15 is 0 Å². The molecule has 0 radical (unpaired) electrons. The van der Waals surface area contributed by atoms with Crippen LogP contribution in [0.15, 0.2) is 0 Å². The summed E-state index contributed by atoms with van der Waals surface area (Å²) in [6, 6.07) is 3.09. The first-order valence-corrected chi connectivity index (χ1v) is 7.57. The lowest BCUT2D eigenvalue weighted by molar-refractivity contribution is 0.195. The zero-order valence-corrected chi connectivity index (χ0v) is 13.1. The predicted molar refractivity (Wildman–Crippen MR) is 80.1 cm³/mol. The third kappa shape index (κ3) is 5.10. The van der Waals surface area contributed by atoms with Crippen LogP contribution in [0.4, 0.5) is 0 Å². The highest BCUT2D eigenvalue weighted by atomic mass is 15.2. The molecule has 4 nitrogen and oxygen atoms in total. The number of nitrogens with one attached hydrogen (secondary N) is 1. The molecule has 0 aliphatic carbocycles. The summed E-state index contributed by atoms with van der Waals surface area (Å²) in [6.07, 6.45) is 4.66. The maximum Gasteiger partial charge on any atom is 0.103 e. The lowest BCUT2D eigenvalue weighted by Gasteiger charge is -2.28. The number of hydrogen-bond donors (Lipinski definition) is 1. The van der Waals surface area contributed by atoms with Gasteiger partial charge in [0.2, 0.25) is 0 Å². The Kier molecular flexibility index (Phi) is 6.78. The summed E-state index contributed by atoms with van der Waals surface area (Å²) in [6.45, 7) is 8.90. The Morgan fingerprint density at radius 3 is 2.84 bits per heavy atom. The van der Waals surface area contributed by atoms with Crippen LogP contribution < -0.4 is 5.32 Å². The summed E-state index contributed by atoms with van der Waals surface area (Å²) < 4.78 is 0. The molecule has 2 unspecified atom stereocenters. The molecule has 1 aliphatic rings. The number of rotatable bonds is 8. The van der Waals surface area contributed by atoms with E-state index < -0.39 is 0 Å². The zero-order chi connectivity index (χ0) is 14.3. The second-order valence-corrected chi connectivity index (χ2v) is 5.98. The van der Waals surface area contributed by atoms with E-state index in [1.165, 1.54) is 25.9 Å². The van der Waals surface area contributed by atoms with Crippen LogP contribution in [-0.4, -0.2) is 61.7 Å². The average molecular weight is 266 g/mol. The summed E-state index contributed by atoms with van der Waals surface area (Å²) in [7, 11) is 4.07. The first-order valence-electron chi connectivity index (χ1n) is 7.57. The standard InChI is InChI=1S/C15H30N4/c1-5-19-11-6-8-14(19)12-18(4)10-7-9-15(2,13-16)17-3/h14,17H,5-12H2,1-4H3. The monoisotopic (exact) mass is 266 g/mol. The molecule has 1 N–H and O–H groups in total. The fourth-order valence-electron chi connectivity index (χ4n) is 2.91. The molecule has 0 saturated carbocycles. The zero-order valence-electron chi connectivity index (χ0n) is 13.1. The Morgan fingerprint density at radius 2 is 2.26 bits per heavy atom. The summed E-state index contributed by atoms with van der Waals surface area (Å²) in [5, 5.41) is 12.2. The summed E-state index contributed by atoms with van der Waals surface area (Å²) in [5.74, 6) is 0. The second kappa shape index (κ2) is 7.84. The van der Waals surface area contributed by atoms with Gasteiger partial charge in [-0.2, -0.15) is 5.26 Å². The molecule has 1 fully saturated rings. The van der Waals surface area contributed by atoms with E-state index in [0.717, 1.165) is 32.0 Å². The number of nitrogens with zero attached hydrogens (tertiary/aromatic N) is 3. The molecule has 1 saturated heterocycles. The van der Waals surface area contributed by atoms with Gasteiger partial charge in [-0.25, -0.2) is 0 Å². The Bertz CT molecular complexity index is 299. The third-order valence-electron chi connectivity index (χ3n) is 4.44. The molecule has 19 heavy (non-hydrogen) atoms. The summed E-state index contributed by atoms with van der Waals surface area (Å²) in [4.78, 5) is 5.01. The van der Waals surface area contributed by atoms with Crippen LogP contribution in [0.3, 0.4) is 0 Å². The topological polar surface area (TPSA) is 42.3 Å². The maximum absolute atomic E-state index is 9.11. The van der Waals surface area contributed by atoms with Crippen molar-refractivity contribution in [1.82, 2.24) is 15.1 Å². The Labute approximate surface area is 118 Å². The van der Waals surface area contributed by atoms with Crippen LogP contribution in [-0.2, 0) is 0 Å². The van der Waals surface area contributed by atoms with Gasteiger partial charge in [-0.05, 0) is 66.3 Å². The van der Waals surface area contributed by atoms with Crippen molar-refractivity contribution in [2.24, 2.45) is 0 Å². The van der Waals surface area contributed by atoms with E-state index in [4.69, 9.17) is 5.26 Å². The van der Waals surface area contributed by atoms with Gasteiger partial charge >= 0.3 is 0 Å². The van der Waals surface area contributed by atoms with E-state index in [1.54, 1.807) is 0 Å². The van der Waals surface area contributed by atoms with Gasteiger partial charge in [0, 0.05) is 12.6 Å². The molecule has 0 aromatic carbocycles. The van der Waals surface area contributed by atoms with Gasteiger partial charge < -0.3 is 10.2 Å². The van der Waals surface area contributed by atoms with E-state index in [0.29, 0.717) is 0 Å². The fourth-order valence-corrected chi connectivity index (χ4v) is 2.91. The molecule has 1 rings (SSSR count). The minimum absolute atomic E-state index is 0.371. The lowest BCUT2D eigenvalue weighted by atomic mass is 9.98. The number of likely N-dealkylation sites (tertiary alicyclic amines) is 1. The van der Waals surface area contributed by atoms with Crippen LogP contribution in [0.25, 0.3) is 0 Å². The molecule has 0 spiro atoms. The lowest BCUT2D eigenvalue weighted by Crippen LogP contribution is -2.41. The smallest absolute Gasteiger partial charge is 0.103 e. The first kappa shape index (κ1) is 16.4. The van der Waals surface area contributed by atoms with Crippen molar-refractivity contribution in [2.75, 3.05) is 40.3 Å². The van der Waals surface area contributed by atoms with E-state index in [2.05, 4.69) is 35.2 Å². The van der Waals surface area contributed by atoms with E-state index in [-0.39, 0.29) is 5.54 Å². The molecule has 0 amide bonds. The maximum atomic E-state index is 9.11. The van der Waals surface area contributed by atoms with Gasteiger partial charge in [0.05, 0.1) is 6.07 Å². The Hall–Kier alpha value is -0.630. The minimum atomic E-state index is -0.371. The highest BCUT2D eigenvalue weighted by Gasteiger charge is 2.24. The highest BCUT2D eigenvalue weighted by Crippen LogP contribution is 2.18. The normalized spacial score (nSPS) is 23.5. The van der Waals surface area contributed by atoms with Crippen LogP contribution >= 0.6 is 0 Å². The minimum Gasteiger partial charge on any atom is -0.305 e. The molecule has 1 aliphatic heterocycles. The predicted octanol–water partition coefficient (Wildman–Crippen LogP) is 1.68. The molecular weight excluding hydrogens is 236 g/mol. The quantitative estimate of drug-likeness (QED) is 0.726. The fraction of sp³-hybridized carbons (Fsp3) is 0.933. The molecular formula is C15H30N4. The van der Waals surface area contributed by atoms with Crippen molar-refractivity contribution < 1.29 is 0 Å². The largest absolute Gasteiger partial charge is 0.305 e. The molecule has 0 aromatic rings. The molecule has 4 heteroatoms. The van der Waals surface area contributed by atoms with Gasteiger partial charge in [0.25, 0.3) is 0 Å². The first-order chi connectivity index (χ1) is 9.04. The van der Waals surface area contributed by atoms with Gasteiger partial charge in [-0.15, -0.1) is 0 Å². The van der Waals surface area contributed by atoms with Crippen molar-refractivity contribution in [3.8, 4) is 6.07 Å².